The van der Waals surface area contributed by atoms with Crippen LogP contribution in [0.25, 0.3) is 5.69 Å². The normalized spacial score (nSPS) is 10.7. The third kappa shape index (κ3) is 6.79. The van der Waals surface area contributed by atoms with Crippen molar-refractivity contribution in [2.24, 2.45) is 0 Å². The van der Waals surface area contributed by atoms with Gasteiger partial charge in [0.25, 0.3) is 5.69 Å². The Balaban J connectivity index is 1.39. The monoisotopic (exact) mass is 600 g/mol. The van der Waals surface area contributed by atoms with Crippen LogP contribution in [0.4, 0.5) is 17.1 Å². The number of benzene rings is 3. The Morgan fingerprint density at radius 3 is 2.34 bits per heavy atom. The van der Waals surface area contributed by atoms with Gasteiger partial charge < -0.3 is 10.6 Å². The average Bonchev–Trinajstić information content (AvgIpc) is 3.27. The minimum atomic E-state index is -0.477. The number of carbonyl (C=O) groups is 1. The van der Waals surface area contributed by atoms with Crippen LogP contribution < -0.4 is 10.6 Å². The minimum Gasteiger partial charge on any atom is -0.378 e. The zero-order valence-corrected chi connectivity index (χ0v) is 21.4. The topological polar surface area (TPSA) is 115 Å². The highest BCUT2D eigenvalue weighted by Crippen LogP contribution is 2.24. The lowest BCUT2D eigenvalue weighted by atomic mass is 10.3. The molecule has 0 saturated heterocycles. The molecule has 9 nitrogen and oxygen atoms in total. The van der Waals surface area contributed by atoms with Gasteiger partial charge in [0.05, 0.1) is 11.5 Å². The van der Waals surface area contributed by atoms with E-state index < -0.39 is 4.92 Å². The SMILES string of the molecule is O=C(CCSc1nnc(CNc2ccc(I)cc2)n1-c1ccccc1)Nc1ccc([N+](=O)[O-])cc1. The first kappa shape index (κ1) is 24.7. The molecule has 0 aliphatic carbocycles. The Hall–Kier alpha value is -3.45. The Morgan fingerprint density at radius 1 is 0.971 bits per heavy atom. The first-order valence-corrected chi connectivity index (χ1v) is 12.7. The van der Waals surface area contributed by atoms with Crippen LogP contribution in [-0.4, -0.2) is 31.3 Å². The zero-order chi connectivity index (χ0) is 24.6. The molecule has 0 saturated carbocycles. The molecule has 0 radical (unpaired) electrons. The number of hydrogen-bond acceptors (Lipinski definition) is 7. The summed E-state index contributed by atoms with van der Waals surface area (Å²) in [5.74, 6) is 1.07. The third-order valence-electron chi connectivity index (χ3n) is 4.93. The number of nitro benzene ring substituents is 1. The maximum absolute atomic E-state index is 12.4. The molecular weight excluding hydrogens is 579 g/mol. The van der Waals surface area contributed by atoms with E-state index in [1.807, 2.05) is 59.2 Å². The van der Waals surface area contributed by atoms with E-state index in [2.05, 4.69) is 43.4 Å². The number of halogens is 1. The van der Waals surface area contributed by atoms with Crippen LogP contribution >= 0.6 is 34.4 Å². The minimum absolute atomic E-state index is 0.0221. The second-order valence-electron chi connectivity index (χ2n) is 7.38. The largest absolute Gasteiger partial charge is 0.378 e. The van der Waals surface area contributed by atoms with Crippen molar-refractivity contribution in [3.05, 3.63) is 98.4 Å². The fourth-order valence-electron chi connectivity index (χ4n) is 3.22. The van der Waals surface area contributed by atoms with Crippen molar-refractivity contribution in [1.29, 1.82) is 0 Å². The molecule has 0 fully saturated rings. The molecule has 178 valence electrons. The number of rotatable bonds is 10. The van der Waals surface area contributed by atoms with Gasteiger partial charge in [-0.25, -0.2) is 0 Å². The van der Waals surface area contributed by atoms with E-state index in [1.54, 1.807) is 0 Å². The Kier molecular flexibility index (Phi) is 8.32. The number of anilines is 2. The van der Waals surface area contributed by atoms with Gasteiger partial charge in [-0.2, -0.15) is 0 Å². The molecule has 0 aliphatic rings. The Bertz CT molecular complexity index is 1300. The second kappa shape index (κ2) is 11.8. The molecule has 11 heteroatoms. The predicted octanol–water partition coefficient (Wildman–Crippen LogP) is 5.51. The zero-order valence-electron chi connectivity index (χ0n) is 18.4. The van der Waals surface area contributed by atoms with Crippen LogP contribution in [0.5, 0.6) is 0 Å². The Morgan fingerprint density at radius 2 is 1.66 bits per heavy atom. The molecule has 1 heterocycles. The van der Waals surface area contributed by atoms with Crippen LogP contribution in [0.2, 0.25) is 0 Å². The van der Waals surface area contributed by atoms with Crippen LogP contribution in [0.1, 0.15) is 12.2 Å². The highest BCUT2D eigenvalue weighted by atomic mass is 127. The van der Waals surface area contributed by atoms with E-state index in [9.17, 15) is 14.9 Å². The maximum atomic E-state index is 12.4. The van der Waals surface area contributed by atoms with E-state index in [1.165, 1.54) is 36.0 Å². The van der Waals surface area contributed by atoms with Crippen molar-refractivity contribution in [3.63, 3.8) is 0 Å². The quantitative estimate of drug-likeness (QED) is 0.107. The molecule has 0 bridgehead atoms. The molecule has 35 heavy (non-hydrogen) atoms. The van der Waals surface area contributed by atoms with Gasteiger partial charge in [-0.15, -0.1) is 10.2 Å². The predicted molar refractivity (Wildman–Crippen MR) is 145 cm³/mol. The first-order valence-electron chi connectivity index (χ1n) is 10.7. The number of amides is 1. The fraction of sp³-hybridized carbons (Fsp3) is 0.125. The summed E-state index contributed by atoms with van der Waals surface area (Å²) in [6, 6.07) is 23.7. The summed E-state index contributed by atoms with van der Waals surface area (Å²) in [7, 11) is 0. The number of thioether (sulfide) groups is 1. The van der Waals surface area contributed by atoms with Gasteiger partial charge in [-0.1, -0.05) is 30.0 Å². The van der Waals surface area contributed by atoms with E-state index in [0.717, 1.165) is 20.8 Å². The molecule has 0 aliphatic heterocycles. The summed E-state index contributed by atoms with van der Waals surface area (Å²) in [6.45, 7) is 0.490. The number of aromatic nitrogens is 3. The van der Waals surface area contributed by atoms with Gasteiger partial charge in [0.15, 0.2) is 11.0 Å². The van der Waals surface area contributed by atoms with Crippen LogP contribution in [-0.2, 0) is 11.3 Å². The van der Waals surface area contributed by atoms with Crippen molar-refractivity contribution in [2.45, 2.75) is 18.1 Å². The van der Waals surface area contributed by atoms with Gasteiger partial charge in [-0.05, 0) is 71.1 Å². The van der Waals surface area contributed by atoms with Crippen LogP contribution in [0, 0.1) is 13.7 Å². The van der Waals surface area contributed by atoms with Gasteiger partial charge in [-0.3, -0.25) is 19.5 Å². The summed E-state index contributed by atoms with van der Waals surface area (Å²) >= 11 is 3.71. The molecule has 0 spiro atoms. The van der Waals surface area contributed by atoms with Crippen molar-refractivity contribution in [1.82, 2.24) is 14.8 Å². The lowest BCUT2D eigenvalue weighted by Crippen LogP contribution is -2.12. The molecule has 4 rings (SSSR count). The van der Waals surface area contributed by atoms with E-state index in [-0.39, 0.29) is 18.0 Å². The standard InChI is InChI=1S/C24H21IN6O3S/c25-17-6-8-18(9-7-17)26-16-22-28-29-24(30(22)20-4-2-1-3-5-20)35-15-14-23(32)27-19-10-12-21(13-11-19)31(33)34/h1-13,26H,14-16H2,(H,27,32). The molecular formula is C24H21IN6O3S. The summed E-state index contributed by atoms with van der Waals surface area (Å²) in [5.41, 5.74) is 2.42. The summed E-state index contributed by atoms with van der Waals surface area (Å²) in [5, 5.41) is 26.4. The number of carbonyl (C=O) groups excluding carboxylic acids is 1. The Labute approximate surface area is 219 Å². The number of para-hydroxylation sites is 1. The number of non-ortho nitro benzene ring substituents is 1. The molecule has 0 unspecified atom stereocenters. The number of nitrogens with zero attached hydrogens (tertiary/aromatic N) is 4. The number of nitro groups is 1. The lowest BCUT2D eigenvalue weighted by molar-refractivity contribution is -0.384. The van der Waals surface area contributed by atoms with E-state index in [4.69, 9.17) is 0 Å². The average molecular weight is 600 g/mol. The van der Waals surface area contributed by atoms with Crippen molar-refractivity contribution in [3.8, 4) is 5.69 Å². The van der Waals surface area contributed by atoms with Crippen LogP contribution in [0.3, 0.4) is 0 Å². The highest BCUT2D eigenvalue weighted by molar-refractivity contribution is 14.1. The van der Waals surface area contributed by atoms with Gasteiger partial charge in [0.1, 0.15) is 0 Å². The summed E-state index contributed by atoms with van der Waals surface area (Å²) in [4.78, 5) is 22.6. The summed E-state index contributed by atoms with van der Waals surface area (Å²) in [6.07, 6.45) is 0.250. The van der Waals surface area contributed by atoms with Crippen molar-refractivity contribution >= 4 is 57.3 Å². The molecule has 3 aromatic carbocycles. The molecule has 2 N–H and O–H groups in total. The molecule has 1 amide bonds. The fourth-order valence-corrected chi connectivity index (χ4v) is 4.49. The first-order chi connectivity index (χ1) is 17.0. The lowest BCUT2D eigenvalue weighted by Gasteiger charge is -2.11. The smallest absolute Gasteiger partial charge is 0.269 e. The van der Waals surface area contributed by atoms with Gasteiger partial charge in [0, 0.05) is 44.9 Å². The number of hydrogen-bond donors (Lipinski definition) is 2. The van der Waals surface area contributed by atoms with E-state index in [0.29, 0.717) is 23.1 Å². The maximum Gasteiger partial charge on any atom is 0.269 e. The van der Waals surface area contributed by atoms with Crippen molar-refractivity contribution < 1.29 is 9.72 Å². The molecule has 1 aromatic heterocycles. The summed E-state index contributed by atoms with van der Waals surface area (Å²) < 4.78 is 3.15. The van der Waals surface area contributed by atoms with Crippen LogP contribution in [0.15, 0.2) is 84.0 Å². The van der Waals surface area contributed by atoms with Crippen molar-refractivity contribution in [2.75, 3.05) is 16.4 Å². The highest BCUT2D eigenvalue weighted by Gasteiger charge is 2.15. The second-order valence-corrected chi connectivity index (χ2v) is 9.69. The van der Waals surface area contributed by atoms with Gasteiger partial charge >= 0.3 is 0 Å². The molecule has 0 atom stereocenters. The third-order valence-corrected chi connectivity index (χ3v) is 6.58. The molecule has 4 aromatic rings. The van der Waals surface area contributed by atoms with Gasteiger partial charge in [0.2, 0.25) is 5.91 Å². The number of nitrogens with one attached hydrogen (secondary N) is 2. The van der Waals surface area contributed by atoms with E-state index >= 15 is 0 Å².